The first-order chi connectivity index (χ1) is 27.0. The lowest BCUT2D eigenvalue weighted by molar-refractivity contribution is -0.870. The van der Waals surface area contributed by atoms with E-state index in [4.69, 9.17) is 9.05 Å². The van der Waals surface area contributed by atoms with Crippen LogP contribution in [0.2, 0.25) is 0 Å². The van der Waals surface area contributed by atoms with Crippen LogP contribution in [-0.2, 0) is 18.4 Å². The average molecular weight is 802 g/mol. The third-order valence-corrected chi connectivity index (χ3v) is 9.79. The molecule has 0 aromatic heterocycles. The molecule has 0 saturated carbocycles. The van der Waals surface area contributed by atoms with E-state index in [1.807, 2.05) is 27.2 Å². The molecule has 320 valence electrons. The monoisotopic (exact) mass is 802 g/mol. The lowest BCUT2D eigenvalue weighted by atomic mass is 10.1. The van der Waals surface area contributed by atoms with Gasteiger partial charge in [0.15, 0.2) is 0 Å². The number of nitrogens with one attached hydrogen (secondary N) is 1. The summed E-state index contributed by atoms with van der Waals surface area (Å²) >= 11 is 0. The zero-order chi connectivity index (χ0) is 41.4. The normalized spacial score (nSPS) is 15.3. The molecule has 8 nitrogen and oxygen atoms in total. The van der Waals surface area contributed by atoms with Crippen molar-refractivity contribution in [1.82, 2.24) is 5.32 Å². The Hall–Kier alpha value is -2.58. The van der Waals surface area contributed by atoms with Gasteiger partial charge in [0.25, 0.3) is 0 Å². The van der Waals surface area contributed by atoms with Gasteiger partial charge < -0.3 is 19.8 Å². The molecule has 0 aliphatic carbocycles. The Balaban J connectivity index is 4.53. The van der Waals surface area contributed by atoms with E-state index in [-0.39, 0.29) is 25.5 Å². The molecule has 3 N–H and O–H groups in total. The highest BCUT2D eigenvalue weighted by molar-refractivity contribution is 7.47. The van der Waals surface area contributed by atoms with Gasteiger partial charge in [-0.2, -0.15) is 0 Å². The fraction of sp³-hybridized carbons (Fsp3) is 0.638. The number of aliphatic hydroxyl groups is 1. The number of hydrogen-bond acceptors (Lipinski definition) is 5. The lowest BCUT2D eigenvalue weighted by Crippen LogP contribution is -2.45. The van der Waals surface area contributed by atoms with Gasteiger partial charge in [0.1, 0.15) is 13.2 Å². The summed E-state index contributed by atoms with van der Waals surface area (Å²) in [6.45, 7) is 4.60. The highest BCUT2D eigenvalue weighted by Crippen LogP contribution is 2.43. The first kappa shape index (κ1) is 53.4. The van der Waals surface area contributed by atoms with Crippen LogP contribution in [-0.4, -0.2) is 73.4 Å². The minimum Gasteiger partial charge on any atom is -0.387 e. The van der Waals surface area contributed by atoms with Crippen molar-refractivity contribution in [3.05, 3.63) is 97.2 Å². The molecule has 0 aromatic carbocycles. The van der Waals surface area contributed by atoms with Crippen LogP contribution in [0.1, 0.15) is 142 Å². The van der Waals surface area contributed by atoms with Crippen LogP contribution in [0.4, 0.5) is 0 Å². The van der Waals surface area contributed by atoms with Gasteiger partial charge in [-0.15, -0.1) is 0 Å². The Bertz CT molecular complexity index is 1230. The first-order valence-corrected chi connectivity index (χ1v) is 23.1. The number of carbonyl (C=O) groups is 1. The third kappa shape index (κ3) is 39.6. The molecule has 0 aliphatic heterocycles. The van der Waals surface area contributed by atoms with E-state index in [2.05, 4.69) is 104 Å². The first-order valence-electron chi connectivity index (χ1n) is 21.6. The highest BCUT2D eigenvalue weighted by Gasteiger charge is 2.27. The number of phosphoric ester groups is 1. The summed E-state index contributed by atoms with van der Waals surface area (Å²) in [6.07, 6.45) is 53.4. The molecule has 1 amide bonds. The topological polar surface area (TPSA) is 105 Å². The van der Waals surface area contributed by atoms with Crippen molar-refractivity contribution in [3.8, 4) is 0 Å². The number of likely N-dealkylation sites (N-methyl/N-ethyl adjacent to an activating group) is 1. The van der Waals surface area contributed by atoms with Crippen molar-refractivity contribution in [3.63, 3.8) is 0 Å². The molecule has 0 bridgehead atoms. The number of nitrogens with zero attached hydrogens (tertiary/aromatic N) is 1. The van der Waals surface area contributed by atoms with Gasteiger partial charge in [0, 0.05) is 6.42 Å². The van der Waals surface area contributed by atoms with E-state index >= 15 is 0 Å². The number of unbranched alkanes of at least 4 members (excludes halogenated alkanes) is 10. The maximum atomic E-state index is 12.8. The van der Waals surface area contributed by atoms with Gasteiger partial charge in [-0.3, -0.25) is 13.8 Å². The Morgan fingerprint density at radius 2 is 1.07 bits per heavy atom. The fourth-order valence-electron chi connectivity index (χ4n) is 5.38. The smallest absolute Gasteiger partial charge is 0.387 e. The van der Waals surface area contributed by atoms with Crippen molar-refractivity contribution < 1.29 is 32.9 Å². The predicted octanol–water partition coefficient (Wildman–Crippen LogP) is 12.0. The number of amides is 1. The molecule has 0 fully saturated rings. The van der Waals surface area contributed by atoms with E-state index in [9.17, 15) is 19.4 Å². The van der Waals surface area contributed by atoms with Crippen LogP contribution in [0.15, 0.2) is 97.2 Å². The van der Waals surface area contributed by atoms with Crippen molar-refractivity contribution in [2.24, 2.45) is 0 Å². The number of allylic oxidation sites excluding steroid dienone is 15. The SMILES string of the molecule is CC/C=C\C/C=C\C/C=C\C/C=C\C/C=C\C/C=C\C/C=C\CCCC(=O)NC(COP(=O)(O)OCC[N+](C)(C)C)C(O)/C=C/CCCCCCCCCCC. The Kier molecular flexibility index (Phi) is 36.2. The van der Waals surface area contributed by atoms with Crippen LogP contribution < -0.4 is 5.32 Å². The Morgan fingerprint density at radius 3 is 1.55 bits per heavy atom. The van der Waals surface area contributed by atoms with Gasteiger partial charge in [0.05, 0.1) is 39.9 Å². The summed E-state index contributed by atoms with van der Waals surface area (Å²) in [5.41, 5.74) is 0. The number of phosphoric acid groups is 1. The summed E-state index contributed by atoms with van der Waals surface area (Å²) in [5.74, 6) is -0.242. The van der Waals surface area contributed by atoms with Crippen molar-refractivity contribution in [1.29, 1.82) is 0 Å². The Morgan fingerprint density at radius 1 is 0.625 bits per heavy atom. The molecule has 0 saturated heterocycles. The van der Waals surface area contributed by atoms with E-state index in [1.54, 1.807) is 6.08 Å². The van der Waals surface area contributed by atoms with Gasteiger partial charge in [-0.05, 0) is 70.6 Å². The zero-order valence-corrected chi connectivity index (χ0v) is 37.0. The number of rotatable bonds is 37. The van der Waals surface area contributed by atoms with Crippen molar-refractivity contribution >= 4 is 13.7 Å². The second kappa shape index (κ2) is 38.0. The van der Waals surface area contributed by atoms with Crippen LogP contribution >= 0.6 is 7.82 Å². The highest BCUT2D eigenvalue weighted by atomic mass is 31.2. The minimum absolute atomic E-state index is 0.0448. The molecule has 9 heteroatoms. The second-order valence-corrected chi connectivity index (χ2v) is 16.8. The summed E-state index contributed by atoms with van der Waals surface area (Å²) in [6, 6.07) is -0.881. The molecule has 0 radical (unpaired) electrons. The van der Waals surface area contributed by atoms with E-state index in [1.165, 1.54) is 44.9 Å². The summed E-state index contributed by atoms with van der Waals surface area (Å²) < 4.78 is 23.5. The summed E-state index contributed by atoms with van der Waals surface area (Å²) in [7, 11) is 1.51. The zero-order valence-electron chi connectivity index (χ0n) is 36.1. The van der Waals surface area contributed by atoms with Crippen LogP contribution in [0.3, 0.4) is 0 Å². The molecule has 0 aromatic rings. The van der Waals surface area contributed by atoms with Crippen LogP contribution in [0.5, 0.6) is 0 Å². The lowest BCUT2D eigenvalue weighted by Gasteiger charge is -2.25. The predicted molar refractivity (Wildman–Crippen MR) is 239 cm³/mol. The minimum atomic E-state index is -4.36. The molecular formula is C47H82N2O6P+. The van der Waals surface area contributed by atoms with E-state index in [0.29, 0.717) is 17.4 Å². The quantitative estimate of drug-likeness (QED) is 0.0250. The standard InChI is InChI=1S/C47H81N2O6P/c1-6-8-10-12-14-16-18-19-20-21-22-23-24-25-26-27-28-29-31-33-35-37-39-41-47(51)48-45(44-55-56(52,53)54-43-42-49(3,4)5)46(50)40-38-36-34-32-30-17-15-13-11-9-7-2/h8,10,14,16,19-20,22-23,25-26,28-29,33,35,38,40,45-46,50H,6-7,9,11-13,15,17-18,21,24,27,30-32,34,36-37,39,41-44H2,1-5H3,(H-,48,51,52,53)/p+1/b10-8-,16-14-,20-19-,23-22-,26-25-,29-28-,35-33-,40-38+. The molecule has 0 spiro atoms. The maximum Gasteiger partial charge on any atom is 0.472 e. The van der Waals surface area contributed by atoms with Gasteiger partial charge in [-0.25, -0.2) is 4.57 Å². The van der Waals surface area contributed by atoms with Crippen molar-refractivity contribution in [2.45, 2.75) is 154 Å². The number of quaternary nitrogens is 1. The molecule has 3 atom stereocenters. The largest absolute Gasteiger partial charge is 0.472 e. The van der Waals surface area contributed by atoms with Crippen LogP contribution in [0, 0.1) is 0 Å². The number of aliphatic hydroxyl groups excluding tert-OH is 1. The molecule has 0 rings (SSSR count). The Labute approximate surface area is 343 Å². The molecule has 0 heterocycles. The van der Waals surface area contributed by atoms with Gasteiger partial charge in [0.2, 0.25) is 5.91 Å². The van der Waals surface area contributed by atoms with E-state index < -0.39 is 20.0 Å². The summed E-state index contributed by atoms with van der Waals surface area (Å²) in [4.78, 5) is 23.0. The molecule has 0 aliphatic rings. The maximum absolute atomic E-state index is 12.8. The van der Waals surface area contributed by atoms with Gasteiger partial charge >= 0.3 is 7.82 Å². The average Bonchev–Trinajstić information content (AvgIpc) is 3.15. The number of hydrogen-bond donors (Lipinski definition) is 3. The van der Waals surface area contributed by atoms with E-state index in [0.717, 1.165) is 70.6 Å². The molecule has 3 unspecified atom stereocenters. The fourth-order valence-corrected chi connectivity index (χ4v) is 6.12. The number of carbonyl (C=O) groups excluding carboxylic acids is 1. The van der Waals surface area contributed by atoms with Gasteiger partial charge in [-0.1, -0.05) is 162 Å². The van der Waals surface area contributed by atoms with Crippen LogP contribution in [0.25, 0.3) is 0 Å². The molecule has 56 heavy (non-hydrogen) atoms. The second-order valence-electron chi connectivity index (χ2n) is 15.3. The molecular weight excluding hydrogens is 719 g/mol. The summed E-state index contributed by atoms with van der Waals surface area (Å²) in [5, 5.41) is 13.7. The third-order valence-electron chi connectivity index (χ3n) is 8.81. The van der Waals surface area contributed by atoms with Crippen molar-refractivity contribution in [2.75, 3.05) is 40.9 Å².